The molecule has 2 aromatic heterocycles. The van der Waals surface area contributed by atoms with Crippen molar-refractivity contribution in [3.05, 3.63) is 29.6 Å². The Morgan fingerprint density at radius 3 is 2.44 bits per heavy atom. The van der Waals surface area contributed by atoms with E-state index < -0.39 is 23.3 Å². The molecule has 27 heavy (non-hydrogen) atoms. The third kappa shape index (κ3) is 4.37. The summed E-state index contributed by atoms with van der Waals surface area (Å²) in [7, 11) is 1.37. The Morgan fingerprint density at radius 2 is 1.89 bits per heavy atom. The molecule has 3 rings (SSSR count). The van der Waals surface area contributed by atoms with Crippen LogP contribution in [-0.4, -0.2) is 39.0 Å². The molecule has 1 N–H and O–H groups in total. The summed E-state index contributed by atoms with van der Waals surface area (Å²) < 4.78 is 46.4. The van der Waals surface area contributed by atoms with E-state index in [0.29, 0.717) is 4.68 Å². The number of hydrogen-bond acceptors (Lipinski definition) is 5. The van der Waals surface area contributed by atoms with Gasteiger partial charge in [0.05, 0.1) is 18.9 Å². The summed E-state index contributed by atoms with van der Waals surface area (Å²) >= 11 is 0. The summed E-state index contributed by atoms with van der Waals surface area (Å²) in [5.41, 5.74) is -1.70. The molecule has 0 aliphatic heterocycles. The number of carbonyl (C=O) groups is 1. The Balaban J connectivity index is 1.90. The Labute approximate surface area is 153 Å². The normalized spacial score (nSPS) is 16.0. The number of carbonyl (C=O) groups excluding carboxylic acids is 1. The average molecular weight is 383 g/mol. The summed E-state index contributed by atoms with van der Waals surface area (Å²) in [6, 6.07) is 2.54. The maximum atomic E-state index is 13.7. The van der Waals surface area contributed by atoms with Crippen LogP contribution in [0.4, 0.5) is 13.2 Å². The van der Waals surface area contributed by atoms with Gasteiger partial charge < -0.3 is 10.1 Å². The molecule has 0 aromatic carbocycles. The molecule has 0 bridgehead atoms. The summed E-state index contributed by atoms with van der Waals surface area (Å²) in [5, 5.41) is 13.8. The van der Waals surface area contributed by atoms with Gasteiger partial charge in [-0.2, -0.15) is 18.3 Å². The molecule has 1 fully saturated rings. The van der Waals surface area contributed by atoms with Crippen molar-refractivity contribution in [2.24, 2.45) is 0 Å². The van der Waals surface area contributed by atoms with Crippen LogP contribution < -0.4 is 10.1 Å². The first-order valence-corrected chi connectivity index (χ1v) is 8.74. The van der Waals surface area contributed by atoms with Crippen LogP contribution in [0.25, 0.3) is 5.82 Å². The van der Waals surface area contributed by atoms with Crippen molar-refractivity contribution in [1.29, 1.82) is 0 Å². The lowest BCUT2D eigenvalue weighted by Gasteiger charge is -2.17. The van der Waals surface area contributed by atoms with Crippen LogP contribution in [0.2, 0.25) is 0 Å². The highest BCUT2D eigenvalue weighted by Gasteiger charge is 2.41. The van der Waals surface area contributed by atoms with E-state index in [1.54, 1.807) is 0 Å². The topological polar surface area (TPSA) is 81.9 Å². The summed E-state index contributed by atoms with van der Waals surface area (Å²) in [4.78, 5) is 12.5. The molecule has 2 aromatic rings. The highest BCUT2D eigenvalue weighted by Crippen LogP contribution is 2.33. The second kappa shape index (κ2) is 7.93. The number of nitrogens with one attached hydrogen (secondary N) is 1. The van der Waals surface area contributed by atoms with Gasteiger partial charge in [-0.25, -0.2) is 4.68 Å². The molecule has 1 aliphatic rings. The minimum Gasteiger partial charge on any atom is -0.480 e. The van der Waals surface area contributed by atoms with Gasteiger partial charge in [0.2, 0.25) is 5.88 Å². The first kappa shape index (κ1) is 19.1. The number of alkyl halides is 3. The van der Waals surface area contributed by atoms with E-state index in [9.17, 15) is 18.0 Å². The van der Waals surface area contributed by atoms with Crippen molar-refractivity contribution in [2.45, 2.75) is 50.7 Å². The fraction of sp³-hybridized carbons (Fsp3) is 0.529. The fourth-order valence-electron chi connectivity index (χ4n) is 3.18. The molecular formula is C17H20F3N5O2. The molecule has 0 saturated heterocycles. The minimum absolute atomic E-state index is 0.120. The van der Waals surface area contributed by atoms with E-state index in [0.717, 1.165) is 44.7 Å². The van der Waals surface area contributed by atoms with Gasteiger partial charge in [-0.3, -0.25) is 4.79 Å². The third-order valence-corrected chi connectivity index (χ3v) is 4.52. The van der Waals surface area contributed by atoms with E-state index in [1.165, 1.54) is 19.2 Å². The SMILES string of the molecule is COc1ccc(-n2ncc(C(=O)NC3CCCCCC3)c2C(F)(F)F)nn1. The fourth-order valence-corrected chi connectivity index (χ4v) is 3.18. The lowest BCUT2D eigenvalue weighted by Crippen LogP contribution is -2.35. The Kier molecular flexibility index (Phi) is 5.62. The number of methoxy groups -OCH3 is 1. The standard InChI is InChI=1S/C17H20F3N5O2/c1-27-14-9-8-13(23-24-14)25-15(17(18,19)20)12(10-21-25)16(26)22-11-6-4-2-3-5-7-11/h8-11H,2-7H2,1H3,(H,22,26). The monoisotopic (exact) mass is 383 g/mol. The number of amides is 1. The largest absolute Gasteiger partial charge is 0.480 e. The molecule has 10 heteroatoms. The molecule has 1 saturated carbocycles. The smallest absolute Gasteiger partial charge is 0.434 e. The van der Waals surface area contributed by atoms with Crippen molar-refractivity contribution in [1.82, 2.24) is 25.3 Å². The molecule has 1 amide bonds. The zero-order chi connectivity index (χ0) is 19.4. The quantitative estimate of drug-likeness (QED) is 0.821. The first-order valence-electron chi connectivity index (χ1n) is 8.74. The van der Waals surface area contributed by atoms with Gasteiger partial charge in [0, 0.05) is 12.1 Å². The zero-order valence-electron chi connectivity index (χ0n) is 14.8. The van der Waals surface area contributed by atoms with Crippen molar-refractivity contribution in [3.63, 3.8) is 0 Å². The molecule has 0 unspecified atom stereocenters. The average Bonchev–Trinajstić information content (AvgIpc) is 2.95. The number of rotatable bonds is 4. The maximum absolute atomic E-state index is 13.7. The van der Waals surface area contributed by atoms with Crippen molar-refractivity contribution in [2.75, 3.05) is 7.11 Å². The Bertz CT molecular complexity index is 781. The van der Waals surface area contributed by atoms with Crippen LogP contribution in [0.15, 0.2) is 18.3 Å². The third-order valence-electron chi connectivity index (χ3n) is 4.52. The molecule has 0 atom stereocenters. The number of hydrogen-bond donors (Lipinski definition) is 1. The predicted molar refractivity (Wildman–Crippen MR) is 89.7 cm³/mol. The Hall–Kier alpha value is -2.65. The van der Waals surface area contributed by atoms with Crippen molar-refractivity contribution in [3.8, 4) is 11.7 Å². The van der Waals surface area contributed by atoms with Gasteiger partial charge in [0.15, 0.2) is 11.5 Å². The van der Waals surface area contributed by atoms with Gasteiger partial charge in [0.25, 0.3) is 5.91 Å². The van der Waals surface area contributed by atoms with Crippen LogP contribution in [0.1, 0.15) is 54.6 Å². The van der Waals surface area contributed by atoms with Gasteiger partial charge >= 0.3 is 6.18 Å². The second-order valence-corrected chi connectivity index (χ2v) is 6.41. The minimum atomic E-state index is -4.78. The number of halogens is 3. The highest BCUT2D eigenvalue weighted by molar-refractivity contribution is 5.95. The van der Waals surface area contributed by atoms with Crippen molar-refractivity contribution < 1.29 is 22.7 Å². The highest BCUT2D eigenvalue weighted by atomic mass is 19.4. The lowest BCUT2D eigenvalue weighted by molar-refractivity contribution is -0.143. The molecular weight excluding hydrogens is 363 g/mol. The summed E-state index contributed by atoms with van der Waals surface area (Å²) in [5.74, 6) is -0.774. The summed E-state index contributed by atoms with van der Waals surface area (Å²) in [6.07, 6.45) is 1.74. The molecule has 0 radical (unpaired) electrons. The first-order chi connectivity index (χ1) is 12.9. The molecule has 2 heterocycles. The van der Waals surface area contributed by atoms with Crippen LogP contribution in [0.5, 0.6) is 5.88 Å². The number of nitrogens with zero attached hydrogens (tertiary/aromatic N) is 4. The van der Waals surface area contributed by atoms with Gasteiger partial charge in [-0.1, -0.05) is 25.7 Å². The Morgan fingerprint density at radius 1 is 1.19 bits per heavy atom. The number of aromatic nitrogens is 4. The second-order valence-electron chi connectivity index (χ2n) is 6.41. The van der Waals surface area contributed by atoms with Crippen molar-refractivity contribution >= 4 is 5.91 Å². The van der Waals surface area contributed by atoms with Crippen LogP contribution in [0, 0.1) is 0 Å². The van der Waals surface area contributed by atoms with Gasteiger partial charge in [0.1, 0.15) is 0 Å². The molecule has 146 valence electrons. The molecule has 0 spiro atoms. The van der Waals surface area contributed by atoms with Crippen LogP contribution in [-0.2, 0) is 6.18 Å². The molecule has 7 nitrogen and oxygen atoms in total. The maximum Gasteiger partial charge on any atom is 0.434 e. The molecule has 1 aliphatic carbocycles. The predicted octanol–water partition coefficient (Wildman–Crippen LogP) is 3.14. The van der Waals surface area contributed by atoms with E-state index in [4.69, 9.17) is 4.74 Å². The lowest BCUT2D eigenvalue weighted by atomic mass is 10.1. The zero-order valence-corrected chi connectivity index (χ0v) is 14.8. The van der Waals surface area contributed by atoms with E-state index in [-0.39, 0.29) is 17.7 Å². The van der Waals surface area contributed by atoms with E-state index in [1.807, 2.05) is 0 Å². The number of ether oxygens (including phenoxy) is 1. The van der Waals surface area contributed by atoms with Gasteiger partial charge in [-0.15, -0.1) is 10.2 Å². The summed E-state index contributed by atoms with van der Waals surface area (Å²) in [6.45, 7) is 0. The van der Waals surface area contributed by atoms with Gasteiger partial charge in [-0.05, 0) is 18.9 Å². The van der Waals surface area contributed by atoms with E-state index in [2.05, 4.69) is 20.6 Å². The van der Waals surface area contributed by atoms with Crippen LogP contribution >= 0.6 is 0 Å². The van der Waals surface area contributed by atoms with Crippen LogP contribution in [0.3, 0.4) is 0 Å². The van der Waals surface area contributed by atoms with E-state index >= 15 is 0 Å².